The van der Waals surface area contributed by atoms with E-state index >= 15 is 0 Å². The van der Waals surface area contributed by atoms with Crippen LogP contribution in [0.5, 0.6) is 5.75 Å². The zero-order valence-electron chi connectivity index (χ0n) is 10.3. The van der Waals surface area contributed by atoms with E-state index in [9.17, 15) is 10.1 Å². The van der Waals surface area contributed by atoms with Crippen molar-refractivity contribution in [3.05, 3.63) is 33.9 Å². The standard InChI is InChI=1S/C12H18N2O3/c1-8(9(2)13)6-10-4-5-12(17-3)11(7-10)14(15)16/h4-5,7-9H,6,13H2,1-3H3. The van der Waals surface area contributed by atoms with Crippen molar-refractivity contribution in [2.75, 3.05) is 7.11 Å². The number of hydrogen-bond acceptors (Lipinski definition) is 4. The van der Waals surface area contributed by atoms with Gasteiger partial charge in [0.2, 0.25) is 0 Å². The van der Waals surface area contributed by atoms with E-state index in [2.05, 4.69) is 0 Å². The highest BCUT2D eigenvalue weighted by atomic mass is 16.6. The minimum absolute atomic E-state index is 0.00174. The Morgan fingerprint density at radius 3 is 2.59 bits per heavy atom. The highest BCUT2D eigenvalue weighted by molar-refractivity contribution is 5.48. The van der Waals surface area contributed by atoms with Crippen LogP contribution in [0.3, 0.4) is 0 Å². The third-order valence-electron chi connectivity index (χ3n) is 2.90. The largest absolute Gasteiger partial charge is 0.490 e. The van der Waals surface area contributed by atoms with Gasteiger partial charge in [-0.3, -0.25) is 10.1 Å². The summed E-state index contributed by atoms with van der Waals surface area (Å²) in [6.07, 6.45) is 0.725. The zero-order chi connectivity index (χ0) is 13.0. The topological polar surface area (TPSA) is 78.4 Å². The number of nitrogens with zero attached hydrogens (tertiary/aromatic N) is 1. The second-order valence-electron chi connectivity index (χ2n) is 4.30. The number of nitro benzene ring substituents is 1. The fourth-order valence-corrected chi connectivity index (χ4v) is 1.56. The van der Waals surface area contributed by atoms with Crippen molar-refractivity contribution in [2.24, 2.45) is 11.7 Å². The smallest absolute Gasteiger partial charge is 0.311 e. The van der Waals surface area contributed by atoms with E-state index < -0.39 is 4.92 Å². The van der Waals surface area contributed by atoms with Crippen LogP contribution >= 0.6 is 0 Å². The van der Waals surface area contributed by atoms with Gasteiger partial charge in [0.15, 0.2) is 5.75 Å². The monoisotopic (exact) mass is 238 g/mol. The Kier molecular flexibility index (Phi) is 4.45. The summed E-state index contributed by atoms with van der Waals surface area (Å²) in [5, 5.41) is 10.9. The molecule has 1 rings (SSSR count). The first-order valence-electron chi connectivity index (χ1n) is 5.52. The fourth-order valence-electron chi connectivity index (χ4n) is 1.56. The van der Waals surface area contributed by atoms with Gasteiger partial charge in [-0.15, -0.1) is 0 Å². The Hall–Kier alpha value is -1.62. The van der Waals surface area contributed by atoms with Crippen molar-refractivity contribution < 1.29 is 9.66 Å². The molecule has 0 saturated heterocycles. The van der Waals surface area contributed by atoms with Gasteiger partial charge in [0, 0.05) is 12.1 Å². The molecule has 2 N–H and O–H groups in total. The van der Waals surface area contributed by atoms with Crippen molar-refractivity contribution in [2.45, 2.75) is 26.3 Å². The number of nitrogens with two attached hydrogens (primary N) is 1. The summed E-state index contributed by atoms with van der Waals surface area (Å²) >= 11 is 0. The van der Waals surface area contributed by atoms with E-state index in [-0.39, 0.29) is 23.4 Å². The molecule has 0 aliphatic rings. The minimum atomic E-state index is -0.432. The van der Waals surface area contributed by atoms with E-state index in [1.807, 2.05) is 19.9 Å². The SMILES string of the molecule is COc1ccc(CC(C)C(C)N)cc1[N+](=O)[O-]. The van der Waals surface area contributed by atoms with Crippen LogP contribution in [0.25, 0.3) is 0 Å². The third-order valence-corrected chi connectivity index (χ3v) is 2.90. The predicted molar refractivity (Wildman–Crippen MR) is 66.2 cm³/mol. The average molecular weight is 238 g/mol. The number of rotatable bonds is 5. The lowest BCUT2D eigenvalue weighted by Crippen LogP contribution is -2.25. The van der Waals surface area contributed by atoms with Gasteiger partial charge in [0.1, 0.15) is 0 Å². The first-order chi connectivity index (χ1) is 7.95. The molecule has 0 aliphatic carbocycles. The quantitative estimate of drug-likeness (QED) is 0.629. The second-order valence-corrected chi connectivity index (χ2v) is 4.30. The van der Waals surface area contributed by atoms with Crippen molar-refractivity contribution in [3.8, 4) is 5.75 Å². The van der Waals surface area contributed by atoms with Crippen LogP contribution in [0.1, 0.15) is 19.4 Å². The predicted octanol–water partition coefficient (Wildman–Crippen LogP) is 2.13. The molecular weight excluding hydrogens is 220 g/mol. The third kappa shape index (κ3) is 3.42. The van der Waals surface area contributed by atoms with Gasteiger partial charge in [0.05, 0.1) is 12.0 Å². The highest BCUT2D eigenvalue weighted by Gasteiger charge is 2.16. The van der Waals surface area contributed by atoms with Crippen LogP contribution in [-0.4, -0.2) is 18.1 Å². The zero-order valence-corrected chi connectivity index (χ0v) is 10.3. The fraction of sp³-hybridized carbons (Fsp3) is 0.500. The molecule has 1 aromatic carbocycles. The summed E-state index contributed by atoms with van der Waals surface area (Å²) in [5.74, 6) is 0.565. The van der Waals surface area contributed by atoms with E-state index in [4.69, 9.17) is 10.5 Å². The van der Waals surface area contributed by atoms with Crippen LogP contribution in [0.2, 0.25) is 0 Å². The van der Waals surface area contributed by atoms with E-state index in [1.54, 1.807) is 12.1 Å². The Morgan fingerprint density at radius 1 is 1.47 bits per heavy atom. The molecule has 2 atom stereocenters. The van der Waals surface area contributed by atoms with E-state index in [0.29, 0.717) is 0 Å². The summed E-state index contributed by atoms with van der Waals surface area (Å²) in [6, 6.07) is 5.08. The van der Waals surface area contributed by atoms with Crippen molar-refractivity contribution in [3.63, 3.8) is 0 Å². The lowest BCUT2D eigenvalue weighted by molar-refractivity contribution is -0.385. The summed E-state index contributed by atoms with van der Waals surface area (Å²) in [5.41, 5.74) is 6.69. The molecule has 17 heavy (non-hydrogen) atoms. The molecule has 0 fully saturated rings. The average Bonchev–Trinajstić information content (AvgIpc) is 2.28. The maximum absolute atomic E-state index is 10.9. The van der Waals surface area contributed by atoms with Crippen LogP contribution in [0.15, 0.2) is 18.2 Å². The Morgan fingerprint density at radius 2 is 2.12 bits per heavy atom. The molecule has 0 saturated carbocycles. The molecule has 0 radical (unpaired) electrons. The van der Waals surface area contributed by atoms with Crippen molar-refractivity contribution in [1.82, 2.24) is 0 Å². The molecule has 0 aliphatic heterocycles. The highest BCUT2D eigenvalue weighted by Crippen LogP contribution is 2.28. The Bertz CT molecular complexity index is 405. The van der Waals surface area contributed by atoms with Gasteiger partial charge in [0.25, 0.3) is 0 Å². The molecule has 94 valence electrons. The van der Waals surface area contributed by atoms with Crippen LogP contribution in [-0.2, 0) is 6.42 Å². The van der Waals surface area contributed by atoms with Gasteiger partial charge in [-0.25, -0.2) is 0 Å². The summed E-state index contributed by atoms with van der Waals surface area (Å²) < 4.78 is 4.95. The number of methoxy groups -OCH3 is 1. The lowest BCUT2D eigenvalue weighted by Gasteiger charge is -2.15. The van der Waals surface area contributed by atoms with Crippen LogP contribution < -0.4 is 10.5 Å². The van der Waals surface area contributed by atoms with Gasteiger partial charge in [-0.1, -0.05) is 13.0 Å². The van der Waals surface area contributed by atoms with Gasteiger partial charge >= 0.3 is 5.69 Å². The molecule has 0 bridgehead atoms. The molecule has 0 spiro atoms. The van der Waals surface area contributed by atoms with Gasteiger partial charge in [-0.05, 0) is 30.9 Å². The summed E-state index contributed by atoms with van der Waals surface area (Å²) in [7, 11) is 1.42. The molecule has 0 heterocycles. The van der Waals surface area contributed by atoms with Crippen molar-refractivity contribution >= 4 is 5.69 Å². The maximum atomic E-state index is 10.9. The molecule has 0 aromatic heterocycles. The minimum Gasteiger partial charge on any atom is -0.490 e. The molecule has 5 heteroatoms. The summed E-state index contributed by atoms with van der Waals surface area (Å²) in [4.78, 5) is 10.4. The van der Waals surface area contributed by atoms with Crippen molar-refractivity contribution in [1.29, 1.82) is 0 Å². The molecule has 2 unspecified atom stereocenters. The number of ether oxygens (including phenoxy) is 1. The number of hydrogen-bond donors (Lipinski definition) is 1. The lowest BCUT2D eigenvalue weighted by atomic mass is 9.95. The summed E-state index contributed by atoms with van der Waals surface area (Å²) in [6.45, 7) is 3.96. The second kappa shape index (κ2) is 5.63. The maximum Gasteiger partial charge on any atom is 0.311 e. The number of nitro groups is 1. The number of benzene rings is 1. The van der Waals surface area contributed by atoms with E-state index in [0.717, 1.165) is 12.0 Å². The molecule has 0 amide bonds. The molecule has 5 nitrogen and oxygen atoms in total. The van der Waals surface area contributed by atoms with Crippen LogP contribution in [0.4, 0.5) is 5.69 Å². The van der Waals surface area contributed by atoms with E-state index in [1.165, 1.54) is 7.11 Å². The Balaban J connectivity index is 2.96. The molecule has 1 aromatic rings. The van der Waals surface area contributed by atoms with Crippen LogP contribution in [0, 0.1) is 16.0 Å². The first kappa shape index (κ1) is 13.4. The first-order valence-corrected chi connectivity index (χ1v) is 5.52. The Labute approximate surface area is 101 Å². The normalized spacial score (nSPS) is 14.1. The van der Waals surface area contributed by atoms with Gasteiger partial charge < -0.3 is 10.5 Å². The molecular formula is C12H18N2O3. The van der Waals surface area contributed by atoms with Gasteiger partial charge in [-0.2, -0.15) is 0 Å².